The van der Waals surface area contributed by atoms with E-state index in [1.165, 1.54) is 17.4 Å². The van der Waals surface area contributed by atoms with Gasteiger partial charge in [0.2, 0.25) is 10.0 Å². The molecular formula is C12H21NO4S2. The minimum Gasteiger partial charge on any atom is -0.391 e. The van der Waals surface area contributed by atoms with Crippen molar-refractivity contribution in [2.75, 3.05) is 19.8 Å². The summed E-state index contributed by atoms with van der Waals surface area (Å²) in [6.45, 7) is 6.89. The van der Waals surface area contributed by atoms with E-state index in [0.29, 0.717) is 28.9 Å². The Morgan fingerprint density at radius 2 is 2.16 bits per heavy atom. The number of rotatable bonds is 8. The monoisotopic (exact) mass is 307 g/mol. The van der Waals surface area contributed by atoms with Gasteiger partial charge in [0.25, 0.3) is 0 Å². The van der Waals surface area contributed by atoms with Crippen LogP contribution in [0.3, 0.4) is 0 Å². The van der Waals surface area contributed by atoms with Gasteiger partial charge in [0, 0.05) is 22.9 Å². The van der Waals surface area contributed by atoms with Gasteiger partial charge in [-0.25, -0.2) is 13.1 Å². The van der Waals surface area contributed by atoms with Crippen molar-refractivity contribution < 1.29 is 18.3 Å². The molecule has 110 valence electrons. The summed E-state index contributed by atoms with van der Waals surface area (Å²) >= 11 is 1.29. The van der Waals surface area contributed by atoms with Crippen LogP contribution in [-0.4, -0.2) is 33.3 Å². The van der Waals surface area contributed by atoms with Gasteiger partial charge in [-0.3, -0.25) is 0 Å². The first-order valence-corrected chi connectivity index (χ1v) is 8.44. The van der Waals surface area contributed by atoms with Crippen molar-refractivity contribution in [2.24, 2.45) is 5.92 Å². The highest BCUT2D eigenvalue weighted by molar-refractivity contribution is 7.89. The Balaban J connectivity index is 2.53. The van der Waals surface area contributed by atoms with Crippen molar-refractivity contribution in [1.29, 1.82) is 0 Å². The van der Waals surface area contributed by atoms with E-state index in [1.54, 1.807) is 6.92 Å². The smallest absolute Gasteiger partial charge is 0.241 e. The van der Waals surface area contributed by atoms with Crippen molar-refractivity contribution >= 4 is 21.4 Å². The van der Waals surface area contributed by atoms with E-state index in [1.807, 2.05) is 13.8 Å². The topological polar surface area (TPSA) is 75.6 Å². The van der Waals surface area contributed by atoms with Crippen LogP contribution in [0.1, 0.15) is 23.6 Å². The number of aliphatic hydroxyl groups excluding tert-OH is 1. The quantitative estimate of drug-likeness (QED) is 0.714. The van der Waals surface area contributed by atoms with Crippen molar-refractivity contribution in [3.8, 4) is 0 Å². The normalized spacial score (nSPS) is 12.3. The summed E-state index contributed by atoms with van der Waals surface area (Å²) in [5, 5.41) is 9.01. The second-order valence-corrected chi connectivity index (χ2v) is 7.73. The predicted molar refractivity (Wildman–Crippen MR) is 75.8 cm³/mol. The number of hydrogen-bond donors (Lipinski definition) is 2. The van der Waals surface area contributed by atoms with Crippen molar-refractivity contribution in [1.82, 2.24) is 4.72 Å². The standard InChI is InChI=1S/C12H21NO4S2/c1-9(2)8-17-5-4-13-19(15,16)12-6-11(7-14)18-10(12)3/h6,9,13-14H,4-5,7-8H2,1-3H3. The molecule has 0 aliphatic carbocycles. The van der Waals surface area contributed by atoms with E-state index in [4.69, 9.17) is 9.84 Å². The predicted octanol–water partition coefficient (Wildman–Crippen LogP) is 1.50. The summed E-state index contributed by atoms with van der Waals surface area (Å²) in [6, 6.07) is 1.51. The van der Waals surface area contributed by atoms with Crippen LogP contribution in [0.15, 0.2) is 11.0 Å². The highest BCUT2D eigenvalue weighted by Crippen LogP contribution is 2.25. The van der Waals surface area contributed by atoms with Gasteiger partial charge in [-0.05, 0) is 18.9 Å². The molecule has 0 bridgehead atoms. The molecule has 0 radical (unpaired) electrons. The van der Waals surface area contributed by atoms with Crippen LogP contribution in [0, 0.1) is 12.8 Å². The number of aryl methyl sites for hydroxylation is 1. The molecule has 0 spiro atoms. The minimum atomic E-state index is -3.51. The molecule has 0 saturated heterocycles. The summed E-state index contributed by atoms with van der Waals surface area (Å²) in [4.78, 5) is 1.57. The zero-order valence-electron chi connectivity index (χ0n) is 11.5. The van der Waals surface area contributed by atoms with Gasteiger partial charge in [-0.1, -0.05) is 13.8 Å². The van der Waals surface area contributed by atoms with Crippen LogP contribution in [0.2, 0.25) is 0 Å². The third kappa shape index (κ3) is 5.19. The summed E-state index contributed by atoms with van der Waals surface area (Å²) < 4.78 is 31.9. The van der Waals surface area contributed by atoms with Gasteiger partial charge in [-0.2, -0.15) is 0 Å². The molecule has 19 heavy (non-hydrogen) atoms. The van der Waals surface area contributed by atoms with Gasteiger partial charge in [0.1, 0.15) is 0 Å². The summed E-state index contributed by atoms with van der Waals surface area (Å²) in [6.07, 6.45) is 0. The van der Waals surface area contributed by atoms with Gasteiger partial charge in [0.15, 0.2) is 0 Å². The Morgan fingerprint density at radius 3 is 2.68 bits per heavy atom. The van der Waals surface area contributed by atoms with Gasteiger partial charge in [0.05, 0.1) is 18.1 Å². The van der Waals surface area contributed by atoms with Crippen LogP contribution in [0.4, 0.5) is 0 Å². The Hall–Kier alpha value is -0.470. The SMILES string of the molecule is Cc1sc(CO)cc1S(=O)(=O)NCCOCC(C)C. The lowest BCUT2D eigenvalue weighted by molar-refractivity contribution is 0.114. The Labute approximate surface area is 118 Å². The van der Waals surface area contributed by atoms with Crippen molar-refractivity contribution in [2.45, 2.75) is 32.3 Å². The van der Waals surface area contributed by atoms with E-state index in [2.05, 4.69) is 4.72 Å². The van der Waals surface area contributed by atoms with Gasteiger partial charge < -0.3 is 9.84 Å². The molecule has 0 unspecified atom stereocenters. The molecule has 0 aromatic carbocycles. The second kappa shape index (κ2) is 7.35. The molecule has 1 rings (SSSR count). The summed E-state index contributed by atoms with van der Waals surface area (Å²) in [5.74, 6) is 0.433. The molecule has 0 fully saturated rings. The van der Waals surface area contributed by atoms with Crippen LogP contribution in [-0.2, 0) is 21.4 Å². The third-order valence-corrected chi connectivity index (χ3v) is 5.11. The van der Waals surface area contributed by atoms with E-state index >= 15 is 0 Å². The fourth-order valence-electron chi connectivity index (χ4n) is 1.51. The molecule has 1 heterocycles. The first kappa shape index (κ1) is 16.6. The maximum Gasteiger partial charge on any atom is 0.241 e. The van der Waals surface area contributed by atoms with Gasteiger partial charge in [-0.15, -0.1) is 11.3 Å². The minimum absolute atomic E-state index is 0.140. The molecule has 0 aliphatic rings. The first-order valence-electron chi connectivity index (χ1n) is 6.14. The van der Waals surface area contributed by atoms with Crippen LogP contribution >= 0.6 is 11.3 Å². The van der Waals surface area contributed by atoms with Crippen LogP contribution in [0.25, 0.3) is 0 Å². The van der Waals surface area contributed by atoms with E-state index in [9.17, 15) is 8.42 Å². The molecule has 0 aliphatic heterocycles. The molecular weight excluding hydrogens is 286 g/mol. The Kier molecular flexibility index (Phi) is 6.41. The largest absolute Gasteiger partial charge is 0.391 e. The number of nitrogens with one attached hydrogen (secondary N) is 1. The van der Waals surface area contributed by atoms with E-state index in [0.717, 1.165) is 0 Å². The number of sulfonamides is 1. The summed E-state index contributed by atoms with van der Waals surface area (Å²) in [7, 11) is -3.51. The molecule has 0 amide bonds. The summed E-state index contributed by atoms with van der Waals surface area (Å²) in [5.41, 5.74) is 0. The number of ether oxygens (including phenoxy) is 1. The molecule has 1 aromatic rings. The number of hydrogen-bond acceptors (Lipinski definition) is 5. The van der Waals surface area contributed by atoms with Crippen LogP contribution < -0.4 is 4.72 Å². The lowest BCUT2D eigenvalue weighted by atomic mass is 10.2. The Bertz CT molecular complexity index is 494. The van der Waals surface area contributed by atoms with Crippen LogP contribution in [0.5, 0.6) is 0 Å². The maximum absolute atomic E-state index is 12.0. The van der Waals surface area contributed by atoms with Crippen molar-refractivity contribution in [3.05, 3.63) is 15.8 Å². The van der Waals surface area contributed by atoms with E-state index < -0.39 is 10.0 Å². The molecule has 0 atom stereocenters. The maximum atomic E-state index is 12.0. The molecule has 7 heteroatoms. The first-order chi connectivity index (χ1) is 8.86. The second-order valence-electron chi connectivity index (χ2n) is 4.66. The molecule has 1 aromatic heterocycles. The number of thiophene rings is 1. The average molecular weight is 307 g/mol. The third-order valence-electron chi connectivity index (χ3n) is 2.36. The lowest BCUT2D eigenvalue weighted by Gasteiger charge is -2.08. The Morgan fingerprint density at radius 1 is 1.47 bits per heavy atom. The molecule has 5 nitrogen and oxygen atoms in total. The zero-order chi connectivity index (χ0) is 14.5. The highest BCUT2D eigenvalue weighted by Gasteiger charge is 2.19. The zero-order valence-corrected chi connectivity index (χ0v) is 13.1. The fraction of sp³-hybridized carbons (Fsp3) is 0.667. The fourth-order valence-corrected chi connectivity index (χ4v) is 4.02. The highest BCUT2D eigenvalue weighted by atomic mass is 32.2. The lowest BCUT2D eigenvalue weighted by Crippen LogP contribution is -2.28. The molecule has 2 N–H and O–H groups in total. The average Bonchev–Trinajstić information content (AvgIpc) is 2.70. The van der Waals surface area contributed by atoms with Crippen molar-refractivity contribution in [3.63, 3.8) is 0 Å². The van der Waals surface area contributed by atoms with Gasteiger partial charge >= 0.3 is 0 Å². The molecule has 0 saturated carbocycles. The van der Waals surface area contributed by atoms with E-state index in [-0.39, 0.29) is 18.0 Å². The number of aliphatic hydroxyl groups is 1.